The fraction of sp³-hybridized carbons (Fsp3) is 0.176. The Bertz CT molecular complexity index is 944. The van der Waals surface area contributed by atoms with Crippen molar-refractivity contribution in [2.24, 2.45) is 0 Å². The number of aromatic nitrogens is 5. The highest BCUT2D eigenvalue weighted by Crippen LogP contribution is 2.25. The molecule has 6 nitrogen and oxygen atoms in total. The van der Waals surface area contributed by atoms with Gasteiger partial charge in [-0.2, -0.15) is 4.98 Å². The van der Waals surface area contributed by atoms with E-state index in [0.29, 0.717) is 22.6 Å². The largest absolute Gasteiger partial charge is 0.338 e. The Kier molecular flexibility index (Phi) is 4.62. The first-order valence-corrected chi connectivity index (χ1v) is 9.69. The van der Waals surface area contributed by atoms with Crippen LogP contribution in [-0.4, -0.2) is 25.3 Å². The third-order valence-corrected chi connectivity index (χ3v) is 5.33. The van der Waals surface area contributed by atoms with E-state index in [2.05, 4.69) is 56.5 Å². The molecule has 126 valence electrons. The molecule has 0 fully saturated rings. The molecule has 4 aromatic rings. The highest BCUT2D eigenvalue weighted by Gasteiger charge is 2.12. The van der Waals surface area contributed by atoms with Gasteiger partial charge in [-0.25, -0.2) is 4.98 Å². The van der Waals surface area contributed by atoms with E-state index in [1.807, 2.05) is 17.5 Å². The number of H-pyrrole nitrogens is 1. The van der Waals surface area contributed by atoms with Gasteiger partial charge in [-0.05, 0) is 23.4 Å². The van der Waals surface area contributed by atoms with Gasteiger partial charge in [0.05, 0.1) is 10.6 Å². The first-order chi connectivity index (χ1) is 12.3. The van der Waals surface area contributed by atoms with Crippen LogP contribution in [0.2, 0.25) is 0 Å². The lowest BCUT2D eigenvalue weighted by Gasteiger charge is -1.98. The molecule has 0 saturated heterocycles. The molecule has 3 aromatic heterocycles. The highest BCUT2D eigenvalue weighted by atomic mass is 32.2. The van der Waals surface area contributed by atoms with Gasteiger partial charge in [0.15, 0.2) is 5.82 Å². The Morgan fingerprint density at radius 2 is 2.04 bits per heavy atom. The summed E-state index contributed by atoms with van der Waals surface area (Å²) in [6.45, 7) is 2.14. The molecule has 0 aliphatic carbocycles. The zero-order valence-corrected chi connectivity index (χ0v) is 15.1. The number of aryl methyl sites for hydroxylation is 1. The van der Waals surface area contributed by atoms with Gasteiger partial charge in [-0.3, -0.25) is 5.10 Å². The monoisotopic (exact) mass is 369 g/mol. The molecule has 4 rings (SSSR count). The van der Waals surface area contributed by atoms with Crippen LogP contribution in [-0.2, 0) is 12.2 Å². The molecule has 3 heterocycles. The Labute approximate surface area is 152 Å². The van der Waals surface area contributed by atoms with Crippen molar-refractivity contribution in [3.05, 3.63) is 53.2 Å². The van der Waals surface area contributed by atoms with Crippen molar-refractivity contribution in [2.45, 2.75) is 24.3 Å². The topological polar surface area (TPSA) is 80.5 Å². The summed E-state index contributed by atoms with van der Waals surface area (Å²) < 4.78 is 5.29. The second kappa shape index (κ2) is 7.20. The van der Waals surface area contributed by atoms with Gasteiger partial charge in [0, 0.05) is 5.56 Å². The van der Waals surface area contributed by atoms with Crippen LogP contribution in [0, 0.1) is 0 Å². The summed E-state index contributed by atoms with van der Waals surface area (Å²) in [5, 5.41) is 13.9. The minimum absolute atomic E-state index is 0.532. The summed E-state index contributed by atoms with van der Waals surface area (Å²) in [7, 11) is 0. The lowest BCUT2D eigenvalue weighted by molar-refractivity contribution is 0.391. The molecule has 0 aliphatic heterocycles. The second-order valence-corrected chi connectivity index (χ2v) is 7.18. The molecular formula is C17H15N5OS2. The zero-order chi connectivity index (χ0) is 17.1. The molecule has 25 heavy (non-hydrogen) atoms. The molecule has 1 N–H and O–H groups in total. The SMILES string of the molecule is CCc1ccc(-c2nc(SCc3nc(-c4cccs4)no3)n[nH]2)cc1. The third-order valence-electron chi connectivity index (χ3n) is 3.63. The average Bonchev–Trinajstić information content (AvgIpc) is 3.41. The summed E-state index contributed by atoms with van der Waals surface area (Å²) in [6.07, 6.45) is 1.02. The van der Waals surface area contributed by atoms with Gasteiger partial charge in [0.25, 0.3) is 0 Å². The second-order valence-electron chi connectivity index (χ2n) is 5.29. The lowest BCUT2D eigenvalue weighted by atomic mass is 10.1. The summed E-state index contributed by atoms with van der Waals surface area (Å²) in [4.78, 5) is 9.91. The van der Waals surface area contributed by atoms with Crippen LogP contribution in [0.5, 0.6) is 0 Å². The van der Waals surface area contributed by atoms with Crippen LogP contribution in [0.15, 0.2) is 51.5 Å². The Hall–Kier alpha value is -2.45. The Balaban J connectivity index is 1.41. The van der Waals surface area contributed by atoms with E-state index < -0.39 is 0 Å². The standard InChI is InChI=1S/C17H15N5OS2/c1-2-11-5-7-12(8-6-11)15-19-17(21-20-15)25-10-14-18-16(22-23-14)13-4-3-9-24-13/h3-9H,2,10H2,1H3,(H,19,20,21). The molecule has 0 amide bonds. The quantitative estimate of drug-likeness (QED) is 0.506. The number of benzene rings is 1. The number of aromatic amines is 1. The molecule has 0 spiro atoms. The van der Waals surface area contributed by atoms with Gasteiger partial charge < -0.3 is 4.52 Å². The maximum absolute atomic E-state index is 5.29. The van der Waals surface area contributed by atoms with Crippen molar-refractivity contribution in [1.82, 2.24) is 25.3 Å². The molecule has 1 aromatic carbocycles. The number of nitrogens with zero attached hydrogens (tertiary/aromatic N) is 4. The van der Waals surface area contributed by atoms with Gasteiger partial charge in [-0.15, -0.1) is 16.4 Å². The number of hydrogen-bond donors (Lipinski definition) is 1. The maximum atomic E-state index is 5.29. The van der Waals surface area contributed by atoms with Crippen LogP contribution in [0.1, 0.15) is 18.4 Å². The predicted molar refractivity (Wildman–Crippen MR) is 98.4 cm³/mol. The number of hydrogen-bond acceptors (Lipinski definition) is 7. The number of thioether (sulfide) groups is 1. The molecule has 0 radical (unpaired) electrons. The third kappa shape index (κ3) is 3.64. The van der Waals surface area contributed by atoms with E-state index in [9.17, 15) is 0 Å². The van der Waals surface area contributed by atoms with Gasteiger partial charge >= 0.3 is 0 Å². The first kappa shape index (κ1) is 16.0. The van der Waals surface area contributed by atoms with Crippen LogP contribution in [0.4, 0.5) is 0 Å². The molecule has 0 aliphatic rings. The van der Waals surface area contributed by atoms with E-state index in [0.717, 1.165) is 22.7 Å². The van der Waals surface area contributed by atoms with E-state index in [1.54, 1.807) is 11.3 Å². The van der Waals surface area contributed by atoms with Crippen molar-refractivity contribution in [3.63, 3.8) is 0 Å². The summed E-state index contributed by atoms with van der Waals surface area (Å²) in [5.74, 6) is 2.48. The van der Waals surface area contributed by atoms with Crippen LogP contribution < -0.4 is 0 Å². The van der Waals surface area contributed by atoms with Gasteiger partial charge in [0.1, 0.15) is 0 Å². The minimum atomic E-state index is 0.532. The minimum Gasteiger partial charge on any atom is -0.338 e. The summed E-state index contributed by atoms with van der Waals surface area (Å²) >= 11 is 3.05. The van der Waals surface area contributed by atoms with E-state index in [4.69, 9.17) is 4.52 Å². The van der Waals surface area contributed by atoms with Crippen LogP contribution >= 0.6 is 23.1 Å². The van der Waals surface area contributed by atoms with Crippen molar-refractivity contribution in [2.75, 3.05) is 0 Å². The predicted octanol–water partition coefficient (Wildman–Crippen LogP) is 4.44. The van der Waals surface area contributed by atoms with E-state index in [-0.39, 0.29) is 0 Å². The zero-order valence-electron chi connectivity index (χ0n) is 13.5. The van der Waals surface area contributed by atoms with Gasteiger partial charge in [0.2, 0.25) is 16.9 Å². The normalized spacial score (nSPS) is 11.1. The maximum Gasteiger partial charge on any atom is 0.237 e. The fourth-order valence-electron chi connectivity index (χ4n) is 2.28. The molecule has 0 saturated carbocycles. The van der Waals surface area contributed by atoms with Crippen molar-refractivity contribution in [1.29, 1.82) is 0 Å². The lowest BCUT2D eigenvalue weighted by Crippen LogP contribution is -1.84. The average molecular weight is 369 g/mol. The van der Waals surface area contributed by atoms with Crippen molar-refractivity contribution >= 4 is 23.1 Å². The van der Waals surface area contributed by atoms with Crippen LogP contribution in [0.25, 0.3) is 22.1 Å². The Morgan fingerprint density at radius 3 is 2.80 bits per heavy atom. The Morgan fingerprint density at radius 1 is 1.16 bits per heavy atom. The molecule has 8 heteroatoms. The molecule has 0 unspecified atom stereocenters. The highest BCUT2D eigenvalue weighted by molar-refractivity contribution is 7.98. The van der Waals surface area contributed by atoms with E-state index in [1.165, 1.54) is 17.3 Å². The molecular weight excluding hydrogens is 354 g/mol. The summed E-state index contributed by atoms with van der Waals surface area (Å²) in [6, 6.07) is 12.3. The van der Waals surface area contributed by atoms with Crippen LogP contribution in [0.3, 0.4) is 0 Å². The fourth-order valence-corrected chi connectivity index (χ4v) is 3.57. The smallest absolute Gasteiger partial charge is 0.237 e. The van der Waals surface area contributed by atoms with Crippen molar-refractivity contribution < 1.29 is 4.52 Å². The number of nitrogens with one attached hydrogen (secondary N) is 1. The van der Waals surface area contributed by atoms with Gasteiger partial charge in [-0.1, -0.05) is 54.2 Å². The molecule has 0 bridgehead atoms. The summed E-state index contributed by atoms with van der Waals surface area (Å²) in [5.41, 5.74) is 2.32. The first-order valence-electron chi connectivity index (χ1n) is 7.83. The van der Waals surface area contributed by atoms with Crippen molar-refractivity contribution in [3.8, 4) is 22.1 Å². The number of thiophene rings is 1. The van der Waals surface area contributed by atoms with E-state index >= 15 is 0 Å². The molecule has 0 atom stereocenters. The number of rotatable bonds is 6.